The molecule has 18 heavy (non-hydrogen) atoms. The van der Waals surface area contributed by atoms with Crippen LogP contribution in [-0.2, 0) is 20.1 Å². The van der Waals surface area contributed by atoms with E-state index in [0.29, 0.717) is 5.92 Å². The average Bonchev–Trinajstić information content (AvgIpc) is 2.72. The third kappa shape index (κ3) is 3.13. The summed E-state index contributed by atoms with van der Waals surface area (Å²) >= 11 is 0. The smallest absolute Gasteiger partial charge is 0.115 e. The molecule has 2 heterocycles. The van der Waals surface area contributed by atoms with Crippen molar-refractivity contribution in [3.05, 3.63) is 41.7 Å². The molecule has 1 N–H and O–H groups in total. The molecule has 2 rings (SSSR count). The lowest BCUT2D eigenvalue weighted by Gasteiger charge is -2.06. The van der Waals surface area contributed by atoms with Gasteiger partial charge in [-0.25, -0.2) is 9.97 Å². The Kier molecular flexibility index (Phi) is 4.04. The van der Waals surface area contributed by atoms with Gasteiger partial charge in [-0.1, -0.05) is 13.8 Å². The number of hydrogen-bond donors (Lipinski definition) is 1. The lowest BCUT2D eigenvalue weighted by molar-refractivity contribution is 0.666. The van der Waals surface area contributed by atoms with Gasteiger partial charge >= 0.3 is 0 Å². The lowest BCUT2D eigenvalue weighted by atomic mass is 10.1. The molecule has 0 aliphatic heterocycles. The molecular weight excluding hydrogens is 226 g/mol. The van der Waals surface area contributed by atoms with Gasteiger partial charge in [-0.2, -0.15) is 5.10 Å². The molecule has 0 amide bonds. The van der Waals surface area contributed by atoms with Crippen molar-refractivity contribution in [1.29, 1.82) is 0 Å². The SMILES string of the molecule is CC(C)c1nn(C)cc1CNCc1ccncn1. The monoisotopic (exact) mass is 245 g/mol. The summed E-state index contributed by atoms with van der Waals surface area (Å²) in [6.45, 7) is 5.88. The first kappa shape index (κ1) is 12.7. The molecule has 0 atom stereocenters. The predicted octanol–water partition coefficient (Wildman–Crippen LogP) is 1.62. The molecule has 0 aliphatic carbocycles. The zero-order valence-corrected chi connectivity index (χ0v) is 11.1. The van der Waals surface area contributed by atoms with E-state index in [-0.39, 0.29) is 0 Å². The maximum Gasteiger partial charge on any atom is 0.115 e. The first-order chi connectivity index (χ1) is 8.66. The second-order valence-electron chi connectivity index (χ2n) is 4.67. The summed E-state index contributed by atoms with van der Waals surface area (Å²) in [7, 11) is 1.96. The maximum atomic E-state index is 4.49. The van der Waals surface area contributed by atoms with Crippen LogP contribution < -0.4 is 5.32 Å². The molecule has 0 aromatic carbocycles. The van der Waals surface area contributed by atoms with E-state index in [1.807, 2.05) is 17.8 Å². The largest absolute Gasteiger partial charge is 0.307 e. The van der Waals surface area contributed by atoms with E-state index in [2.05, 4.69) is 40.4 Å². The Hall–Kier alpha value is -1.75. The Balaban J connectivity index is 1.94. The minimum Gasteiger partial charge on any atom is -0.307 e. The Bertz CT molecular complexity index is 489. The second kappa shape index (κ2) is 5.73. The van der Waals surface area contributed by atoms with E-state index in [0.717, 1.165) is 24.5 Å². The van der Waals surface area contributed by atoms with E-state index in [9.17, 15) is 0 Å². The van der Waals surface area contributed by atoms with Crippen molar-refractivity contribution < 1.29 is 0 Å². The zero-order valence-electron chi connectivity index (χ0n) is 11.1. The van der Waals surface area contributed by atoms with Gasteiger partial charge in [0.2, 0.25) is 0 Å². The molecule has 0 aliphatic rings. The number of nitrogens with one attached hydrogen (secondary N) is 1. The number of aromatic nitrogens is 4. The standard InChI is InChI=1S/C13H19N5/c1-10(2)13-11(8-18(3)17-13)6-15-7-12-4-5-14-9-16-12/h4-5,8-10,15H,6-7H2,1-3H3. The molecule has 5 heteroatoms. The van der Waals surface area contributed by atoms with Crippen LogP contribution in [0.4, 0.5) is 0 Å². The third-order valence-electron chi connectivity index (χ3n) is 2.75. The summed E-state index contributed by atoms with van der Waals surface area (Å²) in [4.78, 5) is 8.08. The highest BCUT2D eigenvalue weighted by atomic mass is 15.3. The van der Waals surface area contributed by atoms with Crippen molar-refractivity contribution in [2.45, 2.75) is 32.9 Å². The van der Waals surface area contributed by atoms with Gasteiger partial charge in [-0.3, -0.25) is 4.68 Å². The van der Waals surface area contributed by atoms with Crippen molar-refractivity contribution in [3.63, 3.8) is 0 Å². The number of aryl methyl sites for hydroxylation is 1. The van der Waals surface area contributed by atoms with Gasteiger partial charge < -0.3 is 5.32 Å². The summed E-state index contributed by atoms with van der Waals surface area (Å²) in [5, 5.41) is 7.87. The molecule has 0 saturated heterocycles. The van der Waals surface area contributed by atoms with E-state index in [1.54, 1.807) is 12.5 Å². The molecule has 5 nitrogen and oxygen atoms in total. The molecule has 0 saturated carbocycles. The molecule has 0 spiro atoms. The number of hydrogen-bond acceptors (Lipinski definition) is 4. The van der Waals surface area contributed by atoms with Gasteiger partial charge in [0.05, 0.1) is 11.4 Å². The van der Waals surface area contributed by atoms with Gasteiger partial charge in [0, 0.05) is 38.1 Å². The maximum absolute atomic E-state index is 4.49. The minimum atomic E-state index is 0.446. The van der Waals surface area contributed by atoms with Crippen LogP contribution in [0.5, 0.6) is 0 Å². The molecule has 0 radical (unpaired) electrons. The van der Waals surface area contributed by atoms with Crippen LogP contribution in [0.2, 0.25) is 0 Å². The van der Waals surface area contributed by atoms with E-state index in [4.69, 9.17) is 0 Å². The fourth-order valence-corrected chi connectivity index (χ4v) is 1.93. The lowest BCUT2D eigenvalue weighted by Crippen LogP contribution is -2.14. The molecule has 2 aromatic heterocycles. The molecule has 96 valence electrons. The first-order valence-electron chi connectivity index (χ1n) is 6.15. The van der Waals surface area contributed by atoms with Crippen LogP contribution in [-0.4, -0.2) is 19.7 Å². The van der Waals surface area contributed by atoms with Gasteiger partial charge in [0.15, 0.2) is 0 Å². The Morgan fingerprint density at radius 1 is 1.33 bits per heavy atom. The van der Waals surface area contributed by atoms with Gasteiger partial charge in [-0.15, -0.1) is 0 Å². The summed E-state index contributed by atoms with van der Waals surface area (Å²) in [5.41, 5.74) is 3.41. The summed E-state index contributed by atoms with van der Waals surface area (Å²) in [6.07, 6.45) is 5.40. The topological polar surface area (TPSA) is 55.6 Å². The predicted molar refractivity (Wildman–Crippen MR) is 69.9 cm³/mol. The Labute approximate surface area is 107 Å². The summed E-state index contributed by atoms with van der Waals surface area (Å²) in [6, 6.07) is 1.92. The average molecular weight is 245 g/mol. The highest BCUT2D eigenvalue weighted by molar-refractivity contribution is 5.20. The van der Waals surface area contributed by atoms with Crippen LogP contribution >= 0.6 is 0 Å². The highest BCUT2D eigenvalue weighted by Gasteiger charge is 2.10. The van der Waals surface area contributed by atoms with Gasteiger partial charge in [-0.05, 0) is 12.0 Å². The van der Waals surface area contributed by atoms with Crippen molar-refractivity contribution in [3.8, 4) is 0 Å². The van der Waals surface area contributed by atoms with Crippen molar-refractivity contribution in [2.24, 2.45) is 7.05 Å². The quantitative estimate of drug-likeness (QED) is 0.869. The van der Waals surface area contributed by atoms with E-state index in [1.165, 1.54) is 5.56 Å². The van der Waals surface area contributed by atoms with Gasteiger partial charge in [0.1, 0.15) is 6.33 Å². The Morgan fingerprint density at radius 3 is 2.83 bits per heavy atom. The van der Waals surface area contributed by atoms with Crippen molar-refractivity contribution in [1.82, 2.24) is 25.1 Å². The van der Waals surface area contributed by atoms with E-state index >= 15 is 0 Å². The summed E-state index contributed by atoms with van der Waals surface area (Å²) < 4.78 is 1.87. The first-order valence-corrected chi connectivity index (χ1v) is 6.15. The fraction of sp³-hybridized carbons (Fsp3) is 0.462. The van der Waals surface area contributed by atoms with Gasteiger partial charge in [0.25, 0.3) is 0 Å². The van der Waals surface area contributed by atoms with E-state index < -0.39 is 0 Å². The zero-order chi connectivity index (χ0) is 13.0. The molecular formula is C13H19N5. The fourth-order valence-electron chi connectivity index (χ4n) is 1.93. The number of nitrogens with zero attached hydrogens (tertiary/aromatic N) is 4. The van der Waals surface area contributed by atoms with Crippen LogP contribution in [0.3, 0.4) is 0 Å². The molecule has 0 bridgehead atoms. The van der Waals surface area contributed by atoms with Crippen LogP contribution in [0.15, 0.2) is 24.8 Å². The number of rotatable bonds is 5. The third-order valence-corrected chi connectivity index (χ3v) is 2.75. The minimum absolute atomic E-state index is 0.446. The molecule has 0 unspecified atom stereocenters. The summed E-state index contributed by atoms with van der Waals surface area (Å²) in [5.74, 6) is 0.446. The van der Waals surface area contributed by atoms with Crippen LogP contribution in [0.1, 0.15) is 36.7 Å². The van der Waals surface area contributed by atoms with Crippen molar-refractivity contribution >= 4 is 0 Å². The second-order valence-corrected chi connectivity index (χ2v) is 4.67. The Morgan fingerprint density at radius 2 is 2.17 bits per heavy atom. The molecule has 0 fully saturated rings. The van der Waals surface area contributed by atoms with Crippen molar-refractivity contribution in [2.75, 3.05) is 0 Å². The van der Waals surface area contributed by atoms with Crippen LogP contribution in [0.25, 0.3) is 0 Å². The normalized spacial score (nSPS) is 11.1. The van der Waals surface area contributed by atoms with Crippen LogP contribution in [0, 0.1) is 0 Å². The highest BCUT2D eigenvalue weighted by Crippen LogP contribution is 2.16. The molecule has 2 aromatic rings.